The number of hydrogen-bond donors (Lipinski definition) is 0. The van der Waals surface area contributed by atoms with E-state index in [1.54, 1.807) is 6.07 Å². The Balaban J connectivity index is 1.33. The lowest BCUT2D eigenvalue weighted by molar-refractivity contribution is -0.134. The zero-order chi connectivity index (χ0) is 20.1. The molecule has 0 aliphatic carbocycles. The Bertz CT molecular complexity index is 991. The zero-order valence-corrected chi connectivity index (χ0v) is 16.4. The molecule has 0 radical (unpaired) electrons. The maximum absolute atomic E-state index is 12.6. The van der Waals surface area contributed by atoms with E-state index in [1.165, 1.54) is 5.56 Å². The number of amides is 1. The van der Waals surface area contributed by atoms with Crippen LogP contribution in [-0.2, 0) is 11.2 Å². The fraction of sp³-hybridized carbons (Fsp3) is 0.280. The summed E-state index contributed by atoms with van der Waals surface area (Å²) < 4.78 is 5.75. The second-order valence-electron chi connectivity index (χ2n) is 7.62. The Morgan fingerprint density at radius 3 is 2.45 bits per heavy atom. The van der Waals surface area contributed by atoms with Crippen LogP contribution in [0.25, 0.3) is 10.8 Å². The molecule has 0 N–H and O–H groups in total. The number of nitrogens with zero attached hydrogens (tertiary/aromatic N) is 1. The van der Waals surface area contributed by atoms with Crippen molar-refractivity contribution in [3.63, 3.8) is 0 Å². The van der Waals surface area contributed by atoms with Crippen LogP contribution in [0.3, 0.4) is 0 Å². The molecule has 0 aromatic heterocycles. The summed E-state index contributed by atoms with van der Waals surface area (Å²) in [5.74, 6) is 1.06. The highest BCUT2D eigenvalue weighted by atomic mass is 16.5. The van der Waals surface area contributed by atoms with E-state index in [4.69, 9.17) is 4.74 Å². The molecule has 0 bridgehead atoms. The lowest BCUT2D eigenvalue weighted by Crippen LogP contribution is -2.41. The average molecular weight is 387 g/mol. The molecule has 3 aromatic rings. The number of carbonyl (C=O) groups is 2. The first-order valence-electron chi connectivity index (χ1n) is 10.2. The maximum Gasteiger partial charge on any atom is 0.260 e. The molecule has 1 amide bonds. The van der Waals surface area contributed by atoms with E-state index < -0.39 is 0 Å². The summed E-state index contributed by atoms with van der Waals surface area (Å²) >= 11 is 0. The first-order valence-corrected chi connectivity index (χ1v) is 10.2. The van der Waals surface area contributed by atoms with Gasteiger partial charge in [-0.05, 0) is 47.6 Å². The van der Waals surface area contributed by atoms with Crippen LogP contribution >= 0.6 is 0 Å². The van der Waals surface area contributed by atoms with Gasteiger partial charge in [-0.3, -0.25) is 9.59 Å². The molecule has 0 saturated carbocycles. The molecule has 4 nitrogen and oxygen atoms in total. The van der Waals surface area contributed by atoms with Gasteiger partial charge in [-0.15, -0.1) is 0 Å². The summed E-state index contributed by atoms with van der Waals surface area (Å²) in [6.45, 7) is 1.48. The van der Waals surface area contributed by atoms with Crippen molar-refractivity contribution in [2.24, 2.45) is 5.92 Å². The van der Waals surface area contributed by atoms with Gasteiger partial charge in [-0.1, -0.05) is 60.7 Å². The molecular weight excluding hydrogens is 362 g/mol. The van der Waals surface area contributed by atoms with Gasteiger partial charge in [0.1, 0.15) is 5.75 Å². The number of hydrogen-bond acceptors (Lipinski definition) is 3. The molecule has 0 spiro atoms. The highest BCUT2D eigenvalue weighted by Gasteiger charge is 2.23. The molecule has 1 aliphatic heterocycles. The van der Waals surface area contributed by atoms with Crippen molar-refractivity contribution in [2.45, 2.75) is 19.3 Å². The highest BCUT2D eigenvalue weighted by molar-refractivity contribution is 6.00. The second-order valence-corrected chi connectivity index (χ2v) is 7.62. The predicted molar refractivity (Wildman–Crippen MR) is 114 cm³/mol. The van der Waals surface area contributed by atoms with Crippen molar-refractivity contribution in [1.82, 2.24) is 4.90 Å². The van der Waals surface area contributed by atoms with E-state index >= 15 is 0 Å². The van der Waals surface area contributed by atoms with Crippen LogP contribution < -0.4 is 4.74 Å². The fourth-order valence-corrected chi connectivity index (χ4v) is 4.09. The molecule has 0 atom stereocenters. The third-order valence-corrected chi connectivity index (χ3v) is 5.73. The van der Waals surface area contributed by atoms with Gasteiger partial charge in [-0.2, -0.15) is 0 Å². The van der Waals surface area contributed by atoms with Crippen molar-refractivity contribution in [2.75, 3.05) is 19.7 Å². The molecule has 4 rings (SSSR count). The van der Waals surface area contributed by atoms with Gasteiger partial charge in [0, 0.05) is 13.1 Å². The van der Waals surface area contributed by atoms with E-state index in [9.17, 15) is 9.59 Å². The Hall–Kier alpha value is -3.14. The molecule has 1 heterocycles. The third-order valence-electron chi connectivity index (χ3n) is 5.73. The van der Waals surface area contributed by atoms with Crippen LogP contribution in [0.2, 0.25) is 0 Å². The number of piperidine rings is 1. The maximum atomic E-state index is 12.6. The van der Waals surface area contributed by atoms with E-state index in [-0.39, 0.29) is 12.5 Å². The van der Waals surface area contributed by atoms with Crippen LogP contribution in [0.5, 0.6) is 5.75 Å². The van der Waals surface area contributed by atoms with E-state index in [0.717, 1.165) is 49.4 Å². The Kier molecular flexibility index (Phi) is 5.89. The predicted octanol–water partition coefficient (Wildman–Crippen LogP) is 4.51. The summed E-state index contributed by atoms with van der Waals surface area (Å²) in [5, 5.41) is 1.82. The van der Waals surface area contributed by atoms with E-state index in [2.05, 4.69) is 24.3 Å². The van der Waals surface area contributed by atoms with Gasteiger partial charge >= 0.3 is 0 Å². The van der Waals surface area contributed by atoms with Crippen molar-refractivity contribution >= 4 is 23.0 Å². The monoisotopic (exact) mass is 387 g/mol. The summed E-state index contributed by atoms with van der Waals surface area (Å²) in [7, 11) is 0. The summed E-state index contributed by atoms with van der Waals surface area (Å²) in [6, 6.07) is 21.9. The number of aldehydes is 1. The standard InChI is InChI=1S/C25H25NO3/c27-17-23-22-9-5-4-8-21(22)10-11-24(23)29-18-25(28)26-14-12-20(13-15-26)16-19-6-2-1-3-7-19/h1-11,17,20H,12-16,18H2. The molecule has 1 aliphatic rings. The van der Waals surface area contributed by atoms with E-state index in [1.807, 2.05) is 41.3 Å². The van der Waals surface area contributed by atoms with Crippen molar-refractivity contribution in [3.8, 4) is 5.75 Å². The van der Waals surface area contributed by atoms with Crippen molar-refractivity contribution in [3.05, 3.63) is 77.9 Å². The zero-order valence-electron chi connectivity index (χ0n) is 16.4. The van der Waals surface area contributed by atoms with Crippen LogP contribution in [-0.4, -0.2) is 36.8 Å². The topological polar surface area (TPSA) is 46.6 Å². The first-order chi connectivity index (χ1) is 14.2. The van der Waals surface area contributed by atoms with Gasteiger partial charge in [0.25, 0.3) is 5.91 Å². The van der Waals surface area contributed by atoms with Gasteiger partial charge in [-0.25, -0.2) is 0 Å². The molecule has 29 heavy (non-hydrogen) atoms. The SMILES string of the molecule is O=Cc1c(OCC(=O)N2CCC(Cc3ccccc3)CC2)ccc2ccccc12. The number of fused-ring (bicyclic) bond motifs is 1. The minimum absolute atomic E-state index is 0.0202. The number of likely N-dealkylation sites (tertiary alicyclic amines) is 1. The second kappa shape index (κ2) is 8.91. The number of benzene rings is 3. The van der Waals surface area contributed by atoms with Crippen molar-refractivity contribution < 1.29 is 14.3 Å². The fourth-order valence-electron chi connectivity index (χ4n) is 4.09. The van der Waals surface area contributed by atoms with Gasteiger partial charge in [0.05, 0.1) is 5.56 Å². The lowest BCUT2D eigenvalue weighted by atomic mass is 9.90. The van der Waals surface area contributed by atoms with Gasteiger partial charge < -0.3 is 9.64 Å². The van der Waals surface area contributed by atoms with E-state index in [0.29, 0.717) is 17.2 Å². The largest absolute Gasteiger partial charge is 0.483 e. The smallest absolute Gasteiger partial charge is 0.260 e. The quantitative estimate of drug-likeness (QED) is 0.585. The molecule has 4 heteroatoms. The molecule has 3 aromatic carbocycles. The normalized spacial score (nSPS) is 14.7. The molecule has 0 unspecified atom stereocenters. The Morgan fingerprint density at radius 2 is 1.69 bits per heavy atom. The number of rotatable bonds is 6. The average Bonchev–Trinajstić information content (AvgIpc) is 2.78. The summed E-state index contributed by atoms with van der Waals surface area (Å²) in [4.78, 5) is 26.1. The molecule has 1 fully saturated rings. The lowest BCUT2D eigenvalue weighted by Gasteiger charge is -2.32. The summed E-state index contributed by atoms with van der Waals surface area (Å²) in [5.41, 5.74) is 1.86. The van der Waals surface area contributed by atoms with Crippen LogP contribution in [0.15, 0.2) is 66.7 Å². The van der Waals surface area contributed by atoms with Crippen LogP contribution in [0, 0.1) is 5.92 Å². The van der Waals surface area contributed by atoms with Gasteiger partial charge in [0.2, 0.25) is 0 Å². The Morgan fingerprint density at radius 1 is 0.966 bits per heavy atom. The number of carbonyl (C=O) groups excluding carboxylic acids is 2. The minimum Gasteiger partial charge on any atom is -0.483 e. The Labute approximate surface area is 171 Å². The molecule has 148 valence electrons. The third kappa shape index (κ3) is 4.48. The highest BCUT2D eigenvalue weighted by Crippen LogP contribution is 2.27. The first kappa shape index (κ1) is 19.2. The van der Waals surface area contributed by atoms with Gasteiger partial charge in [0.15, 0.2) is 12.9 Å². The van der Waals surface area contributed by atoms with Crippen LogP contribution in [0.4, 0.5) is 0 Å². The van der Waals surface area contributed by atoms with Crippen LogP contribution in [0.1, 0.15) is 28.8 Å². The number of ether oxygens (including phenoxy) is 1. The molecular formula is C25H25NO3. The van der Waals surface area contributed by atoms with Crippen molar-refractivity contribution in [1.29, 1.82) is 0 Å². The minimum atomic E-state index is -0.0392. The summed E-state index contributed by atoms with van der Waals surface area (Å²) in [6.07, 6.45) is 3.89. The molecule has 1 saturated heterocycles.